The van der Waals surface area contributed by atoms with Crippen LogP contribution >= 0.6 is 0 Å². The van der Waals surface area contributed by atoms with Gasteiger partial charge in [0.05, 0.1) is 12.7 Å². The van der Waals surface area contributed by atoms with Gasteiger partial charge < -0.3 is 10.5 Å². The SMILES string of the molecule is NCC1(N2CCOC3CCCCC32)CCN(Cc2ccccc2)C1. The molecule has 1 saturated carbocycles. The van der Waals surface area contributed by atoms with Crippen LogP contribution in [0.25, 0.3) is 0 Å². The number of nitrogens with zero attached hydrogens (tertiary/aromatic N) is 2. The molecule has 3 atom stereocenters. The van der Waals surface area contributed by atoms with Gasteiger partial charge in [-0.1, -0.05) is 43.2 Å². The Morgan fingerprint density at radius 2 is 1.96 bits per heavy atom. The Labute approximate surface area is 145 Å². The number of benzene rings is 1. The summed E-state index contributed by atoms with van der Waals surface area (Å²) in [5.41, 5.74) is 7.92. The summed E-state index contributed by atoms with van der Waals surface area (Å²) >= 11 is 0. The van der Waals surface area contributed by atoms with Crippen molar-refractivity contribution in [2.24, 2.45) is 5.73 Å². The second kappa shape index (κ2) is 7.12. The van der Waals surface area contributed by atoms with Gasteiger partial charge in [0.15, 0.2) is 0 Å². The zero-order chi connectivity index (χ0) is 16.4. The summed E-state index contributed by atoms with van der Waals surface area (Å²) in [6.45, 7) is 5.99. The van der Waals surface area contributed by atoms with E-state index >= 15 is 0 Å². The Morgan fingerprint density at radius 3 is 2.79 bits per heavy atom. The first kappa shape index (κ1) is 16.5. The summed E-state index contributed by atoms with van der Waals surface area (Å²) in [5, 5.41) is 0. The topological polar surface area (TPSA) is 41.7 Å². The summed E-state index contributed by atoms with van der Waals surface area (Å²) in [4.78, 5) is 5.35. The first-order chi connectivity index (χ1) is 11.8. The van der Waals surface area contributed by atoms with Crippen LogP contribution in [0.4, 0.5) is 0 Å². The summed E-state index contributed by atoms with van der Waals surface area (Å²) in [5.74, 6) is 0. The van der Waals surface area contributed by atoms with Crippen LogP contribution in [0.1, 0.15) is 37.7 Å². The fourth-order valence-corrected chi connectivity index (χ4v) is 5.12. The minimum Gasteiger partial charge on any atom is -0.375 e. The van der Waals surface area contributed by atoms with Crippen molar-refractivity contribution in [3.8, 4) is 0 Å². The minimum absolute atomic E-state index is 0.152. The summed E-state index contributed by atoms with van der Waals surface area (Å²) in [7, 11) is 0. The predicted molar refractivity (Wildman–Crippen MR) is 96.8 cm³/mol. The lowest BCUT2D eigenvalue weighted by atomic mass is 9.85. The molecular weight excluding hydrogens is 298 g/mol. The fourth-order valence-electron chi connectivity index (χ4n) is 5.12. The average molecular weight is 329 g/mol. The lowest BCUT2D eigenvalue weighted by Gasteiger charge is -2.52. The quantitative estimate of drug-likeness (QED) is 0.920. The molecule has 1 aromatic rings. The van der Waals surface area contributed by atoms with Crippen LogP contribution in [-0.2, 0) is 11.3 Å². The predicted octanol–water partition coefficient (Wildman–Crippen LogP) is 2.23. The molecule has 1 aromatic carbocycles. The van der Waals surface area contributed by atoms with Gasteiger partial charge in [0, 0.05) is 44.3 Å². The van der Waals surface area contributed by atoms with Gasteiger partial charge in [-0.2, -0.15) is 0 Å². The third kappa shape index (κ3) is 3.13. The van der Waals surface area contributed by atoms with Crippen LogP contribution in [0.5, 0.6) is 0 Å². The van der Waals surface area contributed by atoms with Crippen LogP contribution in [0.3, 0.4) is 0 Å². The van der Waals surface area contributed by atoms with E-state index in [1.54, 1.807) is 0 Å². The second-order valence-electron chi connectivity index (χ2n) is 7.83. The van der Waals surface area contributed by atoms with E-state index in [2.05, 4.69) is 40.1 Å². The monoisotopic (exact) mass is 329 g/mol. The van der Waals surface area contributed by atoms with E-state index in [1.165, 1.54) is 37.7 Å². The van der Waals surface area contributed by atoms with Gasteiger partial charge in [0.25, 0.3) is 0 Å². The van der Waals surface area contributed by atoms with Crippen molar-refractivity contribution in [3.63, 3.8) is 0 Å². The minimum atomic E-state index is 0.152. The van der Waals surface area contributed by atoms with Crippen molar-refractivity contribution in [2.45, 2.75) is 56.3 Å². The lowest BCUT2D eigenvalue weighted by molar-refractivity contribution is -0.122. The van der Waals surface area contributed by atoms with E-state index in [0.29, 0.717) is 12.1 Å². The number of ether oxygens (including phenoxy) is 1. The van der Waals surface area contributed by atoms with Crippen molar-refractivity contribution < 1.29 is 4.74 Å². The third-order valence-electron chi connectivity index (χ3n) is 6.38. The van der Waals surface area contributed by atoms with Crippen LogP contribution in [0.2, 0.25) is 0 Å². The third-order valence-corrected chi connectivity index (χ3v) is 6.38. The number of fused-ring (bicyclic) bond motifs is 1. The van der Waals surface area contributed by atoms with E-state index in [9.17, 15) is 0 Å². The summed E-state index contributed by atoms with van der Waals surface area (Å²) < 4.78 is 6.09. The molecule has 4 nitrogen and oxygen atoms in total. The van der Waals surface area contributed by atoms with Gasteiger partial charge in [0.2, 0.25) is 0 Å². The Kier molecular flexibility index (Phi) is 4.90. The molecule has 0 amide bonds. The number of morpholine rings is 1. The second-order valence-corrected chi connectivity index (χ2v) is 7.83. The van der Waals surface area contributed by atoms with Crippen molar-refractivity contribution >= 4 is 0 Å². The number of rotatable bonds is 4. The molecule has 3 unspecified atom stereocenters. The van der Waals surface area contributed by atoms with E-state index in [-0.39, 0.29) is 5.54 Å². The Bertz CT molecular complexity index is 535. The molecule has 132 valence electrons. The number of hydrogen-bond acceptors (Lipinski definition) is 4. The molecule has 3 aliphatic rings. The first-order valence-corrected chi connectivity index (χ1v) is 9.65. The number of hydrogen-bond donors (Lipinski definition) is 1. The molecule has 2 saturated heterocycles. The highest BCUT2D eigenvalue weighted by Crippen LogP contribution is 2.37. The van der Waals surface area contributed by atoms with Gasteiger partial charge in [-0.3, -0.25) is 9.80 Å². The fraction of sp³-hybridized carbons (Fsp3) is 0.700. The normalized spacial score (nSPS) is 35.0. The molecule has 2 N–H and O–H groups in total. The van der Waals surface area contributed by atoms with Crippen molar-refractivity contribution in [3.05, 3.63) is 35.9 Å². The maximum Gasteiger partial charge on any atom is 0.0731 e. The molecule has 24 heavy (non-hydrogen) atoms. The Balaban J connectivity index is 1.48. The van der Waals surface area contributed by atoms with E-state index in [1.807, 2.05) is 0 Å². The zero-order valence-electron chi connectivity index (χ0n) is 14.7. The molecule has 0 spiro atoms. The van der Waals surface area contributed by atoms with Gasteiger partial charge >= 0.3 is 0 Å². The molecule has 0 radical (unpaired) electrons. The Morgan fingerprint density at radius 1 is 1.12 bits per heavy atom. The van der Waals surface area contributed by atoms with Crippen molar-refractivity contribution in [1.82, 2.24) is 9.80 Å². The molecule has 4 heteroatoms. The maximum atomic E-state index is 6.37. The van der Waals surface area contributed by atoms with Gasteiger partial charge in [-0.15, -0.1) is 0 Å². The molecule has 4 rings (SSSR count). The Hall–Kier alpha value is -0.940. The standard InChI is InChI=1S/C20H31N3O/c21-15-20(23-12-13-24-19-9-5-4-8-18(19)23)10-11-22(16-20)14-17-6-2-1-3-7-17/h1-3,6-7,18-19H,4-5,8-16,21H2. The largest absolute Gasteiger partial charge is 0.375 e. The molecule has 1 aliphatic carbocycles. The molecule has 3 fully saturated rings. The average Bonchev–Trinajstić information content (AvgIpc) is 3.06. The molecule has 2 heterocycles. The van der Waals surface area contributed by atoms with Crippen LogP contribution in [0, 0.1) is 0 Å². The highest BCUT2D eigenvalue weighted by atomic mass is 16.5. The smallest absolute Gasteiger partial charge is 0.0731 e. The van der Waals surface area contributed by atoms with Gasteiger partial charge in [-0.25, -0.2) is 0 Å². The van der Waals surface area contributed by atoms with Gasteiger partial charge in [0.1, 0.15) is 0 Å². The summed E-state index contributed by atoms with van der Waals surface area (Å²) in [6.07, 6.45) is 6.82. The van der Waals surface area contributed by atoms with E-state index < -0.39 is 0 Å². The lowest BCUT2D eigenvalue weighted by Crippen LogP contribution is -2.65. The highest BCUT2D eigenvalue weighted by Gasteiger charge is 2.48. The highest BCUT2D eigenvalue weighted by molar-refractivity contribution is 5.15. The van der Waals surface area contributed by atoms with Crippen LogP contribution in [-0.4, -0.2) is 60.3 Å². The molecule has 0 aromatic heterocycles. The summed E-state index contributed by atoms with van der Waals surface area (Å²) in [6, 6.07) is 11.4. The van der Waals surface area contributed by atoms with E-state index in [0.717, 1.165) is 39.3 Å². The molecule has 0 bridgehead atoms. The molecule has 2 aliphatic heterocycles. The first-order valence-electron chi connectivity index (χ1n) is 9.65. The van der Waals surface area contributed by atoms with Crippen LogP contribution in [0.15, 0.2) is 30.3 Å². The van der Waals surface area contributed by atoms with Crippen LogP contribution < -0.4 is 5.73 Å². The molecular formula is C20H31N3O. The van der Waals surface area contributed by atoms with Gasteiger partial charge in [-0.05, 0) is 24.8 Å². The zero-order valence-corrected chi connectivity index (χ0v) is 14.7. The van der Waals surface area contributed by atoms with Crippen molar-refractivity contribution in [1.29, 1.82) is 0 Å². The van der Waals surface area contributed by atoms with Crippen molar-refractivity contribution in [2.75, 3.05) is 32.8 Å². The number of likely N-dealkylation sites (tertiary alicyclic amines) is 1. The maximum absolute atomic E-state index is 6.37. The number of nitrogens with two attached hydrogens (primary N) is 1. The van der Waals surface area contributed by atoms with E-state index in [4.69, 9.17) is 10.5 Å².